The lowest BCUT2D eigenvalue weighted by Gasteiger charge is -2.05. The van der Waals surface area contributed by atoms with Gasteiger partial charge in [0, 0.05) is 17.3 Å². The molecule has 3 rings (SSSR count). The van der Waals surface area contributed by atoms with Gasteiger partial charge >= 0.3 is 5.76 Å². The first kappa shape index (κ1) is 14.2. The Morgan fingerprint density at radius 2 is 2.14 bits per heavy atom. The number of benzene rings is 1. The summed E-state index contributed by atoms with van der Waals surface area (Å²) in [6, 6.07) is 7.63. The number of alkyl halides is 1. The molecule has 7 heteroatoms. The van der Waals surface area contributed by atoms with Gasteiger partial charge in [-0.05, 0) is 12.5 Å². The zero-order valence-electron chi connectivity index (χ0n) is 12.1. The second-order valence-corrected chi connectivity index (χ2v) is 4.97. The quantitative estimate of drug-likeness (QED) is 0.723. The predicted molar refractivity (Wildman–Crippen MR) is 78.2 cm³/mol. The van der Waals surface area contributed by atoms with E-state index in [1.54, 1.807) is 12.4 Å². The van der Waals surface area contributed by atoms with E-state index in [2.05, 4.69) is 10.3 Å². The molecule has 0 amide bonds. The van der Waals surface area contributed by atoms with Crippen molar-refractivity contribution in [3.8, 4) is 11.4 Å². The fourth-order valence-corrected chi connectivity index (χ4v) is 2.30. The average Bonchev–Trinajstić information content (AvgIpc) is 3.09. The van der Waals surface area contributed by atoms with Gasteiger partial charge in [-0.1, -0.05) is 29.4 Å². The van der Waals surface area contributed by atoms with Crippen LogP contribution in [0.15, 0.2) is 46.0 Å². The fourth-order valence-electron chi connectivity index (χ4n) is 2.30. The van der Waals surface area contributed by atoms with Gasteiger partial charge in [0.15, 0.2) is 5.82 Å². The molecule has 0 fully saturated rings. The standard InChI is InChI=1S/C15H15FN4O2/c1-11-4-2-3-5-13(11)14-18-22-15(21)20(14)10-12-8-17-19(9-12)7-6-16/h2-5,8-9H,6-7,10H2,1H3. The maximum Gasteiger partial charge on any atom is 0.442 e. The molecule has 2 aromatic heterocycles. The van der Waals surface area contributed by atoms with E-state index in [1.807, 2.05) is 31.2 Å². The van der Waals surface area contributed by atoms with Crippen LogP contribution in [0.5, 0.6) is 0 Å². The molecule has 1 aromatic carbocycles. The van der Waals surface area contributed by atoms with Crippen LogP contribution in [0.2, 0.25) is 0 Å². The van der Waals surface area contributed by atoms with Gasteiger partial charge in [-0.15, -0.1) is 0 Å². The van der Waals surface area contributed by atoms with E-state index >= 15 is 0 Å². The Morgan fingerprint density at radius 3 is 2.91 bits per heavy atom. The summed E-state index contributed by atoms with van der Waals surface area (Å²) in [7, 11) is 0. The van der Waals surface area contributed by atoms with Crippen molar-refractivity contribution in [1.29, 1.82) is 0 Å². The van der Waals surface area contributed by atoms with Crippen molar-refractivity contribution in [2.45, 2.75) is 20.0 Å². The van der Waals surface area contributed by atoms with Gasteiger partial charge in [0.05, 0.1) is 19.3 Å². The SMILES string of the molecule is Cc1ccccc1-c1noc(=O)n1Cc1cnn(CCF)c1. The molecule has 3 aromatic rings. The molecule has 0 unspecified atom stereocenters. The van der Waals surface area contributed by atoms with E-state index in [4.69, 9.17) is 4.52 Å². The van der Waals surface area contributed by atoms with Crippen LogP contribution in [0.1, 0.15) is 11.1 Å². The zero-order chi connectivity index (χ0) is 15.5. The van der Waals surface area contributed by atoms with E-state index in [0.29, 0.717) is 5.82 Å². The Kier molecular flexibility index (Phi) is 3.86. The van der Waals surface area contributed by atoms with Crippen molar-refractivity contribution >= 4 is 0 Å². The molecule has 0 saturated carbocycles. The largest absolute Gasteiger partial charge is 0.442 e. The Balaban J connectivity index is 1.96. The summed E-state index contributed by atoms with van der Waals surface area (Å²) in [5.74, 6) is -0.0576. The summed E-state index contributed by atoms with van der Waals surface area (Å²) in [6.07, 6.45) is 3.32. The molecule has 0 spiro atoms. The lowest BCUT2D eigenvalue weighted by molar-refractivity contribution is 0.378. The highest BCUT2D eigenvalue weighted by atomic mass is 19.1. The third-order valence-corrected chi connectivity index (χ3v) is 3.41. The first-order valence-corrected chi connectivity index (χ1v) is 6.89. The van der Waals surface area contributed by atoms with Gasteiger partial charge in [0.1, 0.15) is 6.67 Å². The number of halogens is 1. The van der Waals surface area contributed by atoms with Gasteiger partial charge < -0.3 is 0 Å². The lowest BCUT2D eigenvalue weighted by atomic mass is 10.1. The topological polar surface area (TPSA) is 65.8 Å². The summed E-state index contributed by atoms with van der Waals surface area (Å²) >= 11 is 0. The third kappa shape index (κ3) is 2.69. The van der Waals surface area contributed by atoms with Crippen LogP contribution in [0, 0.1) is 6.92 Å². The van der Waals surface area contributed by atoms with Crippen molar-refractivity contribution in [3.05, 3.63) is 58.3 Å². The molecular weight excluding hydrogens is 287 g/mol. The number of hydrogen-bond acceptors (Lipinski definition) is 4. The van der Waals surface area contributed by atoms with Crippen LogP contribution < -0.4 is 5.76 Å². The summed E-state index contributed by atoms with van der Waals surface area (Å²) in [5, 5.41) is 7.92. The molecule has 0 radical (unpaired) electrons. The van der Waals surface area contributed by atoms with Crippen molar-refractivity contribution in [2.24, 2.45) is 0 Å². The van der Waals surface area contributed by atoms with E-state index in [9.17, 15) is 9.18 Å². The van der Waals surface area contributed by atoms with Gasteiger partial charge in [-0.25, -0.2) is 9.18 Å². The van der Waals surface area contributed by atoms with Crippen LogP contribution >= 0.6 is 0 Å². The van der Waals surface area contributed by atoms with Gasteiger partial charge in [-0.3, -0.25) is 13.8 Å². The minimum Gasteiger partial charge on any atom is -0.295 e. The maximum absolute atomic E-state index is 12.3. The van der Waals surface area contributed by atoms with Crippen molar-refractivity contribution in [3.63, 3.8) is 0 Å². The minimum atomic E-state index is -0.531. The van der Waals surface area contributed by atoms with Crippen LogP contribution in [-0.2, 0) is 13.1 Å². The normalized spacial score (nSPS) is 11.0. The molecule has 0 atom stereocenters. The molecule has 0 N–H and O–H groups in total. The second-order valence-electron chi connectivity index (χ2n) is 4.97. The number of aryl methyl sites for hydroxylation is 2. The van der Waals surface area contributed by atoms with Crippen molar-refractivity contribution in [2.75, 3.05) is 6.67 Å². The lowest BCUT2D eigenvalue weighted by Crippen LogP contribution is -2.16. The Bertz CT molecular complexity index is 834. The number of hydrogen-bond donors (Lipinski definition) is 0. The zero-order valence-corrected chi connectivity index (χ0v) is 12.1. The molecule has 114 valence electrons. The van der Waals surface area contributed by atoms with Crippen LogP contribution in [0.25, 0.3) is 11.4 Å². The van der Waals surface area contributed by atoms with Crippen molar-refractivity contribution < 1.29 is 8.91 Å². The summed E-state index contributed by atoms with van der Waals surface area (Å²) in [5.41, 5.74) is 2.62. The van der Waals surface area contributed by atoms with Crippen LogP contribution in [0.4, 0.5) is 4.39 Å². The van der Waals surface area contributed by atoms with E-state index in [-0.39, 0.29) is 13.1 Å². The molecular formula is C15H15FN4O2. The molecule has 6 nitrogen and oxygen atoms in total. The highest BCUT2D eigenvalue weighted by Crippen LogP contribution is 2.20. The third-order valence-electron chi connectivity index (χ3n) is 3.41. The van der Waals surface area contributed by atoms with Gasteiger partial charge in [-0.2, -0.15) is 5.10 Å². The van der Waals surface area contributed by atoms with E-state index in [0.717, 1.165) is 16.7 Å². The fraction of sp³-hybridized carbons (Fsp3) is 0.267. The Morgan fingerprint density at radius 1 is 1.32 bits per heavy atom. The number of nitrogens with zero attached hydrogens (tertiary/aromatic N) is 4. The highest BCUT2D eigenvalue weighted by molar-refractivity contribution is 5.59. The highest BCUT2D eigenvalue weighted by Gasteiger charge is 2.15. The molecule has 0 saturated heterocycles. The van der Waals surface area contributed by atoms with Gasteiger partial charge in [0.2, 0.25) is 0 Å². The summed E-state index contributed by atoms with van der Waals surface area (Å²) in [6.45, 7) is 1.93. The molecule has 2 heterocycles. The monoisotopic (exact) mass is 302 g/mol. The smallest absolute Gasteiger partial charge is 0.295 e. The maximum atomic E-state index is 12.3. The summed E-state index contributed by atoms with van der Waals surface area (Å²) < 4.78 is 20.1. The first-order chi connectivity index (χ1) is 10.7. The minimum absolute atomic E-state index is 0.198. The number of aromatic nitrogens is 4. The molecule has 0 aliphatic carbocycles. The molecule has 22 heavy (non-hydrogen) atoms. The van der Waals surface area contributed by atoms with Crippen molar-refractivity contribution in [1.82, 2.24) is 19.5 Å². The van der Waals surface area contributed by atoms with Gasteiger partial charge in [0.25, 0.3) is 0 Å². The van der Waals surface area contributed by atoms with Crippen LogP contribution in [0.3, 0.4) is 0 Å². The first-order valence-electron chi connectivity index (χ1n) is 6.89. The Labute approximate surface area is 125 Å². The van der Waals surface area contributed by atoms with E-state index < -0.39 is 12.4 Å². The molecule has 0 bridgehead atoms. The predicted octanol–water partition coefficient (Wildman–Crippen LogP) is 2.03. The van der Waals surface area contributed by atoms with Crippen LogP contribution in [-0.4, -0.2) is 26.2 Å². The second kappa shape index (κ2) is 5.97. The molecule has 0 aliphatic heterocycles. The molecule has 0 aliphatic rings. The average molecular weight is 302 g/mol. The van der Waals surface area contributed by atoms with E-state index in [1.165, 1.54) is 9.25 Å². The number of rotatable bonds is 5. The summed E-state index contributed by atoms with van der Waals surface area (Å²) in [4.78, 5) is 11.9. The Hall–Kier alpha value is -2.70.